The fraction of sp³-hybridized carbons (Fsp3) is 0.765. The second-order valence-corrected chi connectivity index (χ2v) is 13.3. The summed E-state index contributed by atoms with van der Waals surface area (Å²) in [6.45, 7) is 20.1. The highest BCUT2D eigenvalue weighted by Gasteiger charge is 2.40. The van der Waals surface area contributed by atoms with Crippen molar-refractivity contribution < 1.29 is 4.79 Å². The van der Waals surface area contributed by atoms with Crippen molar-refractivity contribution in [3.8, 4) is 0 Å². The van der Waals surface area contributed by atoms with Gasteiger partial charge in [0.05, 0.1) is 8.07 Å². The van der Waals surface area contributed by atoms with Crippen molar-refractivity contribution in [1.82, 2.24) is 0 Å². The molecule has 110 valence electrons. The summed E-state index contributed by atoms with van der Waals surface area (Å²) >= 11 is 0. The molecule has 19 heavy (non-hydrogen) atoms. The van der Waals surface area contributed by atoms with Crippen molar-refractivity contribution in [2.45, 2.75) is 78.9 Å². The van der Waals surface area contributed by atoms with Crippen molar-refractivity contribution >= 4 is 14.4 Å². The Bertz CT molecular complexity index is 341. The molecule has 0 aromatic carbocycles. The van der Waals surface area contributed by atoms with Crippen LogP contribution in [-0.4, -0.2) is 14.4 Å². The minimum Gasteiger partial charge on any atom is -0.298 e. The van der Waals surface area contributed by atoms with Crippen LogP contribution in [0.15, 0.2) is 17.0 Å². The van der Waals surface area contributed by atoms with E-state index in [1.165, 1.54) is 0 Å². The Balaban J connectivity index is 5.95. The molecule has 0 spiro atoms. The molecule has 0 rings (SSSR count). The smallest absolute Gasteiger partial charge is 0.154 e. The molecule has 0 amide bonds. The van der Waals surface area contributed by atoms with Crippen LogP contribution in [0.4, 0.5) is 0 Å². The van der Waals surface area contributed by atoms with E-state index in [0.29, 0.717) is 16.6 Å². The molecule has 0 atom stereocenters. The summed E-state index contributed by atoms with van der Waals surface area (Å²) in [7, 11) is -1.60. The summed E-state index contributed by atoms with van der Waals surface area (Å²) in [5.74, 6) is 0. The van der Waals surface area contributed by atoms with Gasteiger partial charge in [-0.3, -0.25) is 4.79 Å². The fourth-order valence-electron chi connectivity index (χ4n) is 3.13. The topological polar surface area (TPSA) is 17.1 Å². The number of hydrogen-bond donors (Lipinski definition) is 0. The van der Waals surface area contributed by atoms with Gasteiger partial charge in [0.15, 0.2) is 6.29 Å². The lowest BCUT2D eigenvalue weighted by molar-refractivity contribution is -0.105. The van der Waals surface area contributed by atoms with Gasteiger partial charge in [-0.15, -0.1) is 5.73 Å². The summed E-state index contributed by atoms with van der Waals surface area (Å²) < 4.78 is 0. The van der Waals surface area contributed by atoms with Gasteiger partial charge in [0, 0.05) is 5.57 Å². The van der Waals surface area contributed by atoms with E-state index in [1.807, 2.05) is 0 Å². The first-order valence-electron chi connectivity index (χ1n) is 7.43. The van der Waals surface area contributed by atoms with Crippen LogP contribution in [-0.2, 0) is 4.79 Å². The lowest BCUT2D eigenvalue weighted by Gasteiger charge is -2.40. The summed E-state index contributed by atoms with van der Waals surface area (Å²) in [6, 6.07) is 0. The normalized spacial score (nSPS) is 12.8. The first-order valence-corrected chi connectivity index (χ1v) is 9.74. The Kier molecular flexibility index (Phi) is 6.51. The SMILES string of the molecule is CC(C)[Si](C=C=C(C=O)C(C)(C)C)(C(C)C)C(C)C. The number of allylic oxidation sites excluding steroid dienone is 1. The van der Waals surface area contributed by atoms with Crippen LogP contribution in [0.25, 0.3) is 0 Å². The molecule has 0 radical (unpaired) electrons. The zero-order valence-electron chi connectivity index (χ0n) is 14.3. The second-order valence-electron chi connectivity index (χ2n) is 7.53. The minimum atomic E-state index is -1.60. The number of rotatable bonds is 5. The van der Waals surface area contributed by atoms with Gasteiger partial charge in [0.2, 0.25) is 0 Å². The molecule has 0 heterocycles. The Morgan fingerprint density at radius 1 is 0.947 bits per heavy atom. The van der Waals surface area contributed by atoms with E-state index in [9.17, 15) is 4.79 Å². The Morgan fingerprint density at radius 2 is 1.32 bits per heavy atom. The molecule has 1 nitrogen and oxygen atoms in total. The third-order valence-corrected chi connectivity index (χ3v) is 11.0. The van der Waals surface area contributed by atoms with Crippen molar-refractivity contribution in [3.63, 3.8) is 0 Å². The maximum Gasteiger partial charge on any atom is 0.154 e. The Morgan fingerprint density at radius 3 is 1.53 bits per heavy atom. The van der Waals surface area contributed by atoms with Gasteiger partial charge in [-0.25, -0.2) is 0 Å². The van der Waals surface area contributed by atoms with Crippen molar-refractivity contribution in [2.24, 2.45) is 5.41 Å². The molecule has 0 unspecified atom stereocenters. The molecule has 0 aliphatic heterocycles. The van der Waals surface area contributed by atoms with E-state index in [2.05, 4.69) is 73.7 Å². The lowest BCUT2D eigenvalue weighted by Crippen LogP contribution is -2.42. The lowest BCUT2D eigenvalue weighted by atomic mass is 9.88. The van der Waals surface area contributed by atoms with Crippen LogP contribution in [0, 0.1) is 5.41 Å². The van der Waals surface area contributed by atoms with E-state index in [4.69, 9.17) is 0 Å². The summed E-state index contributed by atoms with van der Waals surface area (Å²) in [5, 5.41) is 0. The van der Waals surface area contributed by atoms with Crippen molar-refractivity contribution in [2.75, 3.05) is 0 Å². The standard InChI is InChI=1S/C17H32OSi/c1-13(2)19(14(3)4,15(5)6)11-10-16(12-18)17(7,8)9/h11-15H,1-9H3. The van der Waals surface area contributed by atoms with Crippen molar-refractivity contribution in [3.05, 3.63) is 17.0 Å². The molecule has 0 fully saturated rings. The van der Waals surface area contributed by atoms with Gasteiger partial charge in [0.25, 0.3) is 0 Å². The van der Waals surface area contributed by atoms with Crippen LogP contribution in [0.1, 0.15) is 62.3 Å². The third-order valence-electron chi connectivity index (χ3n) is 4.40. The van der Waals surface area contributed by atoms with Crippen molar-refractivity contribution in [1.29, 1.82) is 0 Å². The zero-order valence-corrected chi connectivity index (χ0v) is 15.3. The number of carbonyl (C=O) groups is 1. The quantitative estimate of drug-likeness (QED) is 0.280. The fourth-order valence-corrected chi connectivity index (χ4v) is 8.54. The van der Waals surface area contributed by atoms with Crippen LogP contribution < -0.4 is 0 Å². The average Bonchev–Trinajstić information content (AvgIpc) is 2.20. The summed E-state index contributed by atoms with van der Waals surface area (Å²) in [4.78, 5) is 11.3. The Labute approximate surface area is 121 Å². The molecule has 0 aromatic rings. The van der Waals surface area contributed by atoms with Crippen LogP contribution in [0.2, 0.25) is 16.6 Å². The monoisotopic (exact) mass is 280 g/mol. The third kappa shape index (κ3) is 4.19. The number of aldehydes is 1. The molecule has 0 aromatic heterocycles. The number of carbonyl (C=O) groups excluding carboxylic acids is 1. The molecule has 2 heteroatoms. The molecule has 0 bridgehead atoms. The van der Waals surface area contributed by atoms with E-state index in [-0.39, 0.29) is 5.41 Å². The summed E-state index contributed by atoms with van der Waals surface area (Å²) in [5.41, 5.74) is 8.33. The van der Waals surface area contributed by atoms with Crippen LogP contribution in [0.3, 0.4) is 0 Å². The first-order chi connectivity index (χ1) is 8.50. The van der Waals surface area contributed by atoms with Gasteiger partial charge in [-0.05, 0) is 22.0 Å². The predicted molar refractivity (Wildman–Crippen MR) is 88.2 cm³/mol. The first kappa shape index (κ1) is 18.4. The van der Waals surface area contributed by atoms with E-state index in [1.54, 1.807) is 0 Å². The second kappa shape index (κ2) is 6.72. The largest absolute Gasteiger partial charge is 0.298 e. The number of hydrogen-bond acceptors (Lipinski definition) is 1. The van der Waals surface area contributed by atoms with Gasteiger partial charge in [-0.2, -0.15) is 0 Å². The average molecular weight is 281 g/mol. The van der Waals surface area contributed by atoms with Gasteiger partial charge >= 0.3 is 0 Å². The maximum atomic E-state index is 11.3. The maximum absolute atomic E-state index is 11.3. The highest BCUT2D eigenvalue weighted by Crippen LogP contribution is 2.42. The molecule has 0 N–H and O–H groups in total. The van der Waals surface area contributed by atoms with Gasteiger partial charge in [0.1, 0.15) is 0 Å². The molecule has 0 aliphatic carbocycles. The zero-order chi connectivity index (χ0) is 15.4. The molecule has 0 saturated carbocycles. The van der Waals surface area contributed by atoms with Crippen LogP contribution in [0.5, 0.6) is 0 Å². The molecular formula is C17H32OSi. The highest BCUT2D eigenvalue weighted by molar-refractivity contribution is 6.87. The predicted octanol–water partition coefficient (Wildman–Crippen LogP) is 5.53. The minimum absolute atomic E-state index is 0.122. The molecule has 0 aliphatic rings. The van der Waals surface area contributed by atoms with Crippen LogP contribution >= 0.6 is 0 Å². The molecule has 0 saturated heterocycles. The van der Waals surface area contributed by atoms with Gasteiger partial charge < -0.3 is 0 Å². The summed E-state index contributed by atoms with van der Waals surface area (Å²) in [6.07, 6.45) is 0.969. The van der Waals surface area contributed by atoms with E-state index in [0.717, 1.165) is 11.9 Å². The van der Waals surface area contributed by atoms with E-state index >= 15 is 0 Å². The molecular weight excluding hydrogens is 248 g/mol. The van der Waals surface area contributed by atoms with Gasteiger partial charge in [-0.1, -0.05) is 68.0 Å². The van der Waals surface area contributed by atoms with E-state index < -0.39 is 8.07 Å². The highest BCUT2D eigenvalue weighted by atomic mass is 28.3. The Hall–Kier alpha value is -0.593.